The molecule has 1 aromatic carbocycles. The van der Waals surface area contributed by atoms with Gasteiger partial charge in [0, 0.05) is 29.1 Å². The van der Waals surface area contributed by atoms with E-state index < -0.39 is 0 Å². The van der Waals surface area contributed by atoms with Crippen LogP contribution in [0.5, 0.6) is 0 Å². The Morgan fingerprint density at radius 3 is 2.60 bits per heavy atom. The third-order valence-electron chi connectivity index (χ3n) is 4.77. The maximum atomic E-state index is 6.02. The second-order valence-electron chi connectivity index (χ2n) is 5.82. The van der Waals surface area contributed by atoms with Crippen molar-refractivity contribution in [3.05, 3.63) is 51.9 Å². The van der Waals surface area contributed by atoms with Crippen LogP contribution in [0.4, 0.5) is 0 Å². The van der Waals surface area contributed by atoms with Crippen molar-refractivity contribution in [1.29, 1.82) is 0 Å². The minimum Gasteiger partial charge on any atom is -0.461 e. The van der Waals surface area contributed by atoms with Crippen molar-refractivity contribution in [2.75, 3.05) is 0 Å². The molecule has 0 unspecified atom stereocenters. The lowest BCUT2D eigenvalue weighted by atomic mass is 10.0. The van der Waals surface area contributed by atoms with Crippen molar-refractivity contribution in [2.24, 2.45) is 0 Å². The van der Waals surface area contributed by atoms with E-state index in [1.54, 1.807) is 0 Å². The molecular weight excluding hydrogens is 246 g/mol. The molecule has 0 saturated carbocycles. The van der Waals surface area contributed by atoms with Gasteiger partial charge in [-0.1, -0.05) is 12.1 Å². The number of benzene rings is 1. The predicted octanol–water partition coefficient (Wildman–Crippen LogP) is 4.63. The van der Waals surface area contributed by atoms with E-state index >= 15 is 0 Å². The maximum absolute atomic E-state index is 6.02. The number of aryl methyl sites for hydroxylation is 3. The van der Waals surface area contributed by atoms with Gasteiger partial charge >= 0.3 is 0 Å². The van der Waals surface area contributed by atoms with Crippen LogP contribution in [-0.2, 0) is 6.42 Å². The SMILES string of the molecule is Cc1cnc2c(c1C)Cc1c-2ccc2c(C)c(C)oc12. The summed E-state index contributed by atoms with van der Waals surface area (Å²) < 4.78 is 6.02. The number of nitrogens with zero attached hydrogens (tertiary/aromatic N) is 1. The first-order valence-electron chi connectivity index (χ1n) is 7.05. The molecule has 2 nitrogen and oxygen atoms in total. The topological polar surface area (TPSA) is 26.0 Å². The van der Waals surface area contributed by atoms with Crippen molar-refractivity contribution in [1.82, 2.24) is 4.98 Å². The van der Waals surface area contributed by atoms with E-state index in [0.29, 0.717) is 0 Å². The Hall–Kier alpha value is -2.09. The van der Waals surface area contributed by atoms with Gasteiger partial charge in [-0.3, -0.25) is 4.98 Å². The van der Waals surface area contributed by atoms with E-state index in [0.717, 1.165) is 23.5 Å². The summed E-state index contributed by atoms with van der Waals surface area (Å²) in [4.78, 5) is 4.66. The predicted molar refractivity (Wildman–Crippen MR) is 81.2 cm³/mol. The summed E-state index contributed by atoms with van der Waals surface area (Å²) in [6.45, 7) is 8.49. The van der Waals surface area contributed by atoms with E-state index in [1.165, 1.54) is 38.8 Å². The van der Waals surface area contributed by atoms with Gasteiger partial charge in [0.1, 0.15) is 11.3 Å². The largest absolute Gasteiger partial charge is 0.461 e. The molecule has 1 aliphatic carbocycles. The fourth-order valence-corrected chi connectivity index (χ4v) is 3.23. The second-order valence-corrected chi connectivity index (χ2v) is 5.82. The summed E-state index contributed by atoms with van der Waals surface area (Å²) >= 11 is 0. The Balaban J connectivity index is 2.07. The Morgan fingerprint density at radius 2 is 1.80 bits per heavy atom. The fraction of sp³-hybridized carbons (Fsp3) is 0.278. The molecule has 0 amide bonds. The number of hydrogen-bond acceptors (Lipinski definition) is 2. The zero-order valence-corrected chi connectivity index (χ0v) is 12.3. The second kappa shape index (κ2) is 3.72. The fourth-order valence-electron chi connectivity index (χ4n) is 3.23. The monoisotopic (exact) mass is 263 g/mol. The zero-order valence-electron chi connectivity index (χ0n) is 12.3. The summed E-state index contributed by atoms with van der Waals surface area (Å²) in [5.74, 6) is 1.02. The molecule has 1 aliphatic rings. The van der Waals surface area contributed by atoms with Crippen molar-refractivity contribution in [3.8, 4) is 11.3 Å². The standard InChI is InChI=1S/C18H17NO/c1-9-8-19-17-14-6-5-13-11(3)12(4)20-18(13)16(14)7-15(17)10(9)2/h5-6,8H,7H2,1-4H3. The van der Waals surface area contributed by atoms with Gasteiger partial charge in [0.25, 0.3) is 0 Å². The van der Waals surface area contributed by atoms with Crippen LogP contribution in [0, 0.1) is 27.7 Å². The smallest absolute Gasteiger partial charge is 0.138 e. The van der Waals surface area contributed by atoms with Crippen molar-refractivity contribution in [2.45, 2.75) is 34.1 Å². The van der Waals surface area contributed by atoms with Crippen LogP contribution in [0.2, 0.25) is 0 Å². The van der Waals surface area contributed by atoms with Gasteiger partial charge in [0.15, 0.2) is 0 Å². The Kier molecular flexibility index (Phi) is 2.18. The molecule has 2 heteroatoms. The van der Waals surface area contributed by atoms with Crippen molar-refractivity contribution < 1.29 is 4.42 Å². The molecule has 0 N–H and O–H groups in total. The first-order chi connectivity index (χ1) is 9.58. The highest BCUT2D eigenvalue weighted by atomic mass is 16.3. The summed E-state index contributed by atoms with van der Waals surface area (Å²) in [7, 11) is 0. The number of pyridine rings is 1. The number of fused-ring (bicyclic) bond motifs is 5. The van der Waals surface area contributed by atoms with Crippen LogP contribution < -0.4 is 0 Å². The van der Waals surface area contributed by atoms with Gasteiger partial charge in [-0.25, -0.2) is 0 Å². The van der Waals surface area contributed by atoms with Crippen LogP contribution in [0.1, 0.15) is 33.6 Å². The molecule has 0 aliphatic heterocycles. The van der Waals surface area contributed by atoms with Crippen LogP contribution in [0.15, 0.2) is 22.7 Å². The van der Waals surface area contributed by atoms with Gasteiger partial charge in [-0.05, 0) is 49.9 Å². The number of furan rings is 1. The maximum Gasteiger partial charge on any atom is 0.138 e. The van der Waals surface area contributed by atoms with Crippen LogP contribution >= 0.6 is 0 Å². The third-order valence-corrected chi connectivity index (χ3v) is 4.77. The molecule has 3 aromatic rings. The molecule has 0 fully saturated rings. The molecule has 0 atom stereocenters. The summed E-state index contributed by atoms with van der Waals surface area (Å²) in [5, 5.41) is 1.24. The number of hydrogen-bond donors (Lipinski definition) is 0. The zero-order chi connectivity index (χ0) is 14.0. The van der Waals surface area contributed by atoms with Crippen LogP contribution in [0.3, 0.4) is 0 Å². The van der Waals surface area contributed by atoms with Crippen LogP contribution in [-0.4, -0.2) is 4.98 Å². The van der Waals surface area contributed by atoms with Crippen molar-refractivity contribution in [3.63, 3.8) is 0 Å². The molecular formula is C18H17NO. The van der Waals surface area contributed by atoms with Gasteiger partial charge in [0.2, 0.25) is 0 Å². The molecule has 0 bridgehead atoms. The molecule has 2 aromatic heterocycles. The normalized spacial score (nSPS) is 12.8. The van der Waals surface area contributed by atoms with E-state index in [9.17, 15) is 0 Å². The van der Waals surface area contributed by atoms with Gasteiger partial charge in [-0.2, -0.15) is 0 Å². The third kappa shape index (κ3) is 1.31. The minimum atomic E-state index is 0.939. The number of rotatable bonds is 0. The van der Waals surface area contributed by atoms with E-state index in [2.05, 4.69) is 37.9 Å². The van der Waals surface area contributed by atoms with E-state index in [-0.39, 0.29) is 0 Å². The van der Waals surface area contributed by atoms with E-state index in [4.69, 9.17) is 4.42 Å². The average molecular weight is 263 g/mol. The highest BCUT2D eigenvalue weighted by molar-refractivity contribution is 5.93. The first kappa shape index (κ1) is 11.7. The Morgan fingerprint density at radius 1 is 1.00 bits per heavy atom. The molecule has 0 radical (unpaired) electrons. The van der Waals surface area contributed by atoms with E-state index in [1.807, 2.05) is 13.1 Å². The molecule has 2 heterocycles. The summed E-state index contributed by atoms with van der Waals surface area (Å²) in [6, 6.07) is 4.37. The van der Waals surface area contributed by atoms with Crippen LogP contribution in [0.25, 0.3) is 22.2 Å². The number of aromatic nitrogens is 1. The molecule has 4 rings (SSSR count). The molecule has 20 heavy (non-hydrogen) atoms. The minimum absolute atomic E-state index is 0.939. The highest BCUT2D eigenvalue weighted by Crippen LogP contribution is 2.42. The Bertz CT molecular complexity index is 871. The quantitative estimate of drug-likeness (QED) is 0.462. The molecule has 0 saturated heterocycles. The lowest BCUT2D eigenvalue weighted by Gasteiger charge is -2.05. The average Bonchev–Trinajstić information content (AvgIpc) is 2.94. The summed E-state index contributed by atoms with van der Waals surface area (Å²) in [5.41, 5.74) is 9.96. The molecule has 100 valence electrons. The molecule has 0 spiro atoms. The lowest BCUT2D eigenvalue weighted by Crippen LogP contribution is -1.92. The lowest BCUT2D eigenvalue weighted by molar-refractivity contribution is 0.572. The highest BCUT2D eigenvalue weighted by Gasteiger charge is 2.26. The summed E-state index contributed by atoms with van der Waals surface area (Å²) in [6.07, 6.45) is 2.92. The van der Waals surface area contributed by atoms with Crippen molar-refractivity contribution >= 4 is 11.0 Å². The first-order valence-corrected chi connectivity index (χ1v) is 7.05. The van der Waals surface area contributed by atoms with Gasteiger partial charge < -0.3 is 4.42 Å². The van der Waals surface area contributed by atoms with Gasteiger partial charge in [0.05, 0.1) is 5.69 Å². The van der Waals surface area contributed by atoms with Gasteiger partial charge in [-0.15, -0.1) is 0 Å². The Labute approximate surface area is 118 Å².